The molecule has 0 bridgehead atoms. The lowest BCUT2D eigenvalue weighted by atomic mass is 10.0. The molecule has 1 rings (SSSR count). The van der Waals surface area contributed by atoms with Crippen LogP contribution in [0.3, 0.4) is 0 Å². The van der Waals surface area contributed by atoms with E-state index < -0.39 is 28.8 Å². The predicted molar refractivity (Wildman–Crippen MR) is 40.5 cm³/mol. The number of rotatable bonds is 1. The van der Waals surface area contributed by atoms with Crippen LogP contribution in [0.2, 0.25) is 0 Å². The molecular formula is C9H3F3NO2-. The van der Waals surface area contributed by atoms with E-state index in [1.54, 1.807) is 0 Å². The molecule has 0 amide bonds. The third-order valence-electron chi connectivity index (χ3n) is 1.69. The van der Waals surface area contributed by atoms with Gasteiger partial charge in [0.15, 0.2) is 0 Å². The van der Waals surface area contributed by atoms with Crippen LogP contribution in [0.1, 0.15) is 21.5 Å². The van der Waals surface area contributed by atoms with Gasteiger partial charge in [-0.05, 0) is 12.1 Å². The Labute approximate surface area is 82.4 Å². The van der Waals surface area contributed by atoms with Crippen LogP contribution < -0.4 is 5.11 Å². The summed E-state index contributed by atoms with van der Waals surface area (Å²) in [5, 5.41) is 18.8. The fraction of sp³-hybridized carbons (Fsp3) is 0.111. The second-order valence-electron chi connectivity index (χ2n) is 2.66. The summed E-state index contributed by atoms with van der Waals surface area (Å²) in [6.45, 7) is 0. The van der Waals surface area contributed by atoms with Crippen molar-refractivity contribution in [3.8, 4) is 6.07 Å². The van der Waals surface area contributed by atoms with E-state index in [9.17, 15) is 23.1 Å². The predicted octanol–water partition coefficient (Wildman–Crippen LogP) is 0.941. The summed E-state index contributed by atoms with van der Waals surface area (Å²) in [7, 11) is 0. The number of carboxylic acids is 1. The average molecular weight is 214 g/mol. The first-order chi connectivity index (χ1) is 6.86. The first kappa shape index (κ1) is 11.0. The Morgan fingerprint density at radius 3 is 2.40 bits per heavy atom. The largest absolute Gasteiger partial charge is 0.545 e. The summed E-state index contributed by atoms with van der Waals surface area (Å²) < 4.78 is 36.5. The third kappa shape index (κ3) is 2.26. The summed E-state index contributed by atoms with van der Waals surface area (Å²) in [4.78, 5) is 10.4. The van der Waals surface area contributed by atoms with Gasteiger partial charge in [-0.1, -0.05) is 6.07 Å². The highest BCUT2D eigenvalue weighted by Gasteiger charge is 2.31. The number of hydrogen-bond acceptors (Lipinski definition) is 3. The van der Waals surface area contributed by atoms with E-state index >= 15 is 0 Å². The number of halogens is 3. The summed E-state index contributed by atoms with van der Waals surface area (Å²) in [6, 6.07) is 3.14. The smallest absolute Gasteiger partial charge is 0.416 e. The molecule has 0 aliphatic carbocycles. The molecule has 0 aromatic heterocycles. The van der Waals surface area contributed by atoms with Gasteiger partial charge >= 0.3 is 6.18 Å². The van der Waals surface area contributed by atoms with Crippen molar-refractivity contribution in [1.29, 1.82) is 5.26 Å². The number of alkyl halides is 3. The summed E-state index contributed by atoms with van der Waals surface area (Å²) in [6.07, 6.45) is -4.60. The van der Waals surface area contributed by atoms with Crippen molar-refractivity contribution in [3.63, 3.8) is 0 Å². The van der Waals surface area contributed by atoms with Gasteiger partial charge in [-0.25, -0.2) is 0 Å². The third-order valence-corrected chi connectivity index (χ3v) is 1.69. The zero-order valence-electron chi connectivity index (χ0n) is 7.13. The first-order valence-corrected chi connectivity index (χ1v) is 3.69. The Balaban J connectivity index is 3.34. The van der Waals surface area contributed by atoms with Crippen LogP contribution in [0, 0.1) is 11.3 Å². The van der Waals surface area contributed by atoms with Gasteiger partial charge in [0.1, 0.15) is 0 Å². The highest BCUT2D eigenvalue weighted by Crippen LogP contribution is 2.30. The standard InChI is InChI=1S/C9H4F3NO2/c10-9(11,12)6-1-2-7(8(14)15)5(3-6)4-13/h1-3H,(H,14,15)/p-1. The van der Waals surface area contributed by atoms with Gasteiger partial charge in [-0.3, -0.25) is 0 Å². The molecule has 0 unspecified atom stereocenters. The lowest BCUT2D eigenvalue weighted by Gasteiger charge is -2.09. The lowest BCUT2D eigenvalue weighted by Crippen LogP contribution is -2.23. The molecule has 0 aliphatic rings. The minimum Gasteiger partial charge on any atom is -0.545 e. The van der Waals surface area contributed by atoms with Crippen molar-refractivity contribution < 1.29 is 23.1 Å². The zero-order valence-corrected chi connectivity index (χ0v) is 7.13. The van der Waals surface area contributed by atoms with Crippen LogP contribution >= 0.6 is 0 Å². The normalized spacial score (nSPS) is 10.8. The van der Waals surface area contributed by atoms with Gasteiger partial charge in [0.2, 0.25) is 0 Å². The minimum atomic E-state index is -4.60. The monoisotopic (exact) mass is 214 g/mol. The summed E-state index contributed by atoms with van der Waals surface area (Å²) >= 11 is 0. The molecule has 0 radical (unpaired) electrons. The Bertz CT molecular complexity index is 446. The van der Waals surface area contributed by atoms with Crippen LogP contribution in [0.15, 0.2) is 18.2 Å². The lowest BCUT2D eigenvalue weighted by molar-refractivity contribution is -0.255. The number of nitrogens with zero attached hydrogens (tertiary/aromatic N) is 1. The van der Waals surface area contributed by atoms with Crippen molar-refractivity contribution in [3.05, 3.63) is 34.9 Å². The van der Waals surface area contributed by atoms with E-state index in [2.05, 4.69) is 0 Å². The van der Waals surface area contributed by atoms with Crippen LogP contribution in [0.4, 0.5) is 13.2 Å². The maximum Gasteiger partial charge on any atom is 0.416 e. The molecule has 0 aliphatic heterocycles. The summed E-state index contributed by atoms with van der Waals surface area (Å²) in [5.41, 5.74) is -2.18. The molecule has 3 nitrogen and oxygen atoms in total. The number of carbonyl (C=O) groups is 1. The molecule has 0 fully saturated rings. The average Bonchev–Trinajstić information content (AvgIpc) is 2.15. The van der Waals surface area contributed by atoms with E-state index in [0.717, 1.165) is 0 Å². The van der Waals surface area contributed by atoms with Gasteiger partial charge in [-0.15, -0.1) is 0 Å². The van der Waals surface area contributed by atoms with Crippen molar-refractivity contribution in [2.45, 2.75) is 6.18 Å². The van der Waals surface area contributed by atoms with Crippen molar-refractivity contribution >= 4 is 5.97 Å². The molecule has 0 spiro atoms. The maximum atomic E-state index is 12.2. The van der Waals surface area contributed by atoms with Crippen LogP contribution in [0.25, 0.3) is 0 Å². The number of carboxylic acid groups (broad SMARTS) is 1. The van der Waals surface area contributed by atoms with E-state index in [-0.39, 0.29) is 0 Å². The van der Waals surface area contributed by atoms with Gasteiger partial charge in [-0.2, -0.15) is 18.4 Å². The van der Waals surface area contributed by atoms with Crippen LogP contribution in [-0.2, 0) is 6.18 Å². The van der Waals surface area contributed by atoms with Gasteiger partial charge in [0.25, 0.3) is 0 Å². The molecule has 0 saturated carbocycles. The number of nitriles is 1. The molecular weight excluding hydrogens is 211 g/mol. The second kappa shape index (κ2) is 3.61. The number of benzene rings is 1. The molecule has 0 saturated heterocycles. The minimum absolute atomic E-state index is 0.477. The highest BCUT2D eigenvalue weighted by atomic mass is 19.4. The fourth-order valence-electron chi connectivity index (χ4n) is 0.991. The Kier molecular flexibility index (Phi) is 2.66. The number of carbonyl (C=O) groups excluding carboxylic acids is 1. The SMILES string of the molecule is N#Cc1cc(C(F)(F)F)ccc1C(=O)[O-]. The van der Waals surface area contributed by atoms with Gasteiger partial charge < -0.3 is 9.90 Å². The second-order valence-corrected chi connectivity index (χ2v) is 2.66. The van der Waals surface area contributed by atoms with Crippen molar-refractivity contribution in [2.75, 3.05) is 0 Å². The van der Waals surface area contributed by atoms with E-state index in [1.807, 2.05) is 0 Å². The quantitative estimate of drug-likeness (QED) is 0.698. The van der Waals surface area contributed by atoms with Gasteiger partial charge in [0.05, 0.1) is 23.2 Å². The first-order valence-electron chi connectivity index (χ1n) is 3.69. The number of hydrogen-bond donors (Lipinski definition) is 0. The Morgan fingerprint density at radius 2 is 2.00 bits per heavy atom. The Morgan fingerprint density at radius 1 is 1.40 bits per heavy atom. The molecule has 6 heteroatoms. The fourth-order valence-corrected chi connectivity index (χ4v) is 0.991. The molecule has 15 heavy (non-hydrogen) atoms. The molecule has 1 aromatic rings. The van der Waals surface area contributed by atoms with Gasteiger partial charge in [0, 0.05) is 5.56 Å². The number of aromatic carboxylic acids is 1. The van der Waals surface area contributed by atoms with Crippen molar-refractivity contribution in [2.24, 2.45) is 0 Å². The molecule has 0 atom stereocenters. The molecule has 78 valence electrons. The van der Waals surface area contributed by atoms with Crippen molar-refractivity contribution in [1.82, 2.24) is 0 Å². The topological polar surface area (TPSA) is 63.9 Å². The molecule has 0 N–H and O–H groups in total. The van der Waals surface area contributed by atoms with Crippen LogP contribution in [0.5, 0.6) is 0 Å². The maximum absolute atomic E-state index is 12.2. The molecule has 1 aromatic carbocycles. The van der Waals surface area contributed by atoms with E-state index in [0.29, 0.717) is 18.2 Å². The molecule has 0 heterocycles. The highest BCUT2D eigenvalue weighted by molar-refractivity contribution is 5.89. The van der Waals surface area contributed by atoms with E-state index in [4.69, 9.17) is 5.26 Å². The zero-order chi connectivity index (χ0) is 11.6. The van der Waals surface area contributed by atoms with E-state index in [1.165, 1.54) is 6.07 Å². The summed E-state index contributed by atoms with van der Waals surface area (Å²) in [5.74, 6) is -1.68. The Hall–Kier alpha value is -2.03. The van der Waals surface area contributed by atoms with Crippen LogP contribution in [-0.4, -0.2) is 5.97 Å².